The first kappa shape index (κ1) is 30.6. The van der Waals surface area contributed by atoms with Crippen molar-refractivity contribution in [3.05, 3.63) is 194 Å². The maximum atomic E-state index is 6.57. The van der Waals surface area contributed by atoms with Gasteiger partial charge in [0.15, 0.2) is 5.58 Å². The molecule has 0 N–H and O–H groups in total. The Balaban J connectivity index is 1.12. The Morgan fingerprint density at radius 1 is 0.340 bits per heavy atom. The SMILES string of the molecule is c1ccc(-c2ccc(N(c3ccc(-c4ccccc4)c(-c4ccccc4)c3)c3ccc4c(c3)oc3cc5oc(-c6ccccc6)nc5cc34)cc2)cc1. The van der Waals surface area contributed by atoms with E-state index in [1.165, 1.54) is 22.3 Å². The molecule has 4 heteroatoms. The highest BCUT2D eigenvalue weighted by molar-refractivity contribution is 6.10. The number of anilines is 3. The van der Waals surface area contributed by atoms with E-state index >= 15 is 0 Å². The fraction of sp³-hybridized carbons (Fsp3) is 0. The van der Waals surface area contributed by atoms with Gasteiger partial charge in [0, 0.05) is 45.5 Å². The lowest BCUT2D eigenvalue weighted by Crippen LogP contribution is -2.10. The minimum atomic E-state index is 0.599. The molecule has 0 atom stereocenters. The van der Waals surface area contributed by atoms with Gasteiger partial charge in [-0.15, -0.1) is 0 Å². The van der Waals surface area contributed by atoms with E-state index in [9.17, 15) is 0 Å². The van der Waals surface area contributed by atoms with Crippen molar-refractivity contribution in [3.8, 4) is 44.8 Å². The predicted octanol–water partition coefficient (Wildman–Crippen LogP) is 13.9. The molecule has 0 spiro atoms. The molecule has 0 saturated heterocycles. The molecule has 0 fully saturated rings. The van der Waals surface area contributed by atoms with Gasteiger partial charge in [-0.05, 0) is 88.0 Å². The van der Waals surface area contributed by atoms with Crippen molar-refractivity contribution in [2.45, 2.75) is 0 Å². The number of rotatable bonds is 7. The quantitative estimate of drug-likeness (QED) is 0.168. The molecule has 10 aromatic rings. The molecule has 8 aromatic carbocycles. The zero-order valence-electron chi connectivity index (χ0n) is 28.7. The monoisotopic (exact) mass is 680 g/mol. The van der Waals surface area contributed by atoms with Gasteiger partial charge in [-0.25, -0.2) is 4.98 Å². The lowest BCUT2D eigenvalue weighted by atomic mass is 9.93. The van der Waals surface area contributed by atoms with Crippen LogP contribution in [0, 0.1) is 0 Å². The zero-order chi connectivity index (χ0) is 35.1. The first-order chi connectivity index (χ1) is 26.2. The lowest BCUT2D eigenvalue weighted by molar-refractivity contribution is 0.617. The van der Waals surface area contributed by atoms with Crippen LogP contribution in [0.25, 0.3) is 77.9 Å². The number of aromatic nitrogens is 1. The highest BCUT2D eigenvalue weighted by atomic mass is 16.4. The maximum absolute atomic E-state index is 6.57. The predicted molar refractivity (Wildman–Crippen MR) is 218 cm³/mol. The number of benzene rings is 8. The Kier molecular flexibility index (Phi) is 7.43. The van der Waals surface area contributed by atoms with E-state index in [1.54, 1.807) is 0 Å². The lowest BCUT2D eigenvalue weighted by Gasteiger charge is -2.27. The summed E-state index contributed by atoms with van der Waals surface area (Å²) >= 11 is 0. The van der Waals surface area contributed by atoms with Gasteiger partial charge in [0.1, 0.15) is 16.7 Å². The van der Waals surface area contributed by atoms with Crippen molar-refractivity contribution in [1.29, 1.82) is 0 Å². The van der Waals surface area contributed by atoms with Crippen LogP contribution in [-0.4, -0.2) is 4.98 Å². The number of hydrogen-bond donors (Lipinski definition) is 0. The van der Waals surface area contributed by atoms with Crippen LogP contribution in [-0.2, 0) is 0 Å². The second-order valence-corrected chi connectivity index (χ2v) is 13.2. The number of oxazole rings is 1. The van der Waals surface area contributed by atoms with E-state index in [-0.39, 0.29) is 0 Å². The van der Waals surface area contributed by atoms with Gasteiger partial charge in [-0.1, -0.05) is 127 Å². The topological polar surface area (TPSA) is 42.4 Å². The standard InChI is InChI=1S/C49H32N2O2/c1-5-13-33(14-6-1)34-21-23-38(24-22-34)51(39-25-27-41(35-15-7-2-8-16-35)43(29-39)36-17-9-3-10-18-36)40-26-28-42-44-31-45-48(32-47(44)52-46(42)30-40)53-49(50-45)37-19-11-4-12-20-37/h1-32H. The average Bonchev–Trinajstić information content (AvgIpc) is 3.82. The molecule has 0 aliphatic heterocycles. The average molecular weight is 681 g/mol. The van der Waals surface area contributed by atoms with Crippen LogP contribution in [0.4, 0.5) is 17.1 Å². The second kappa shape index (κ2) is 12.9. The van der Waals surface area contributed by atoms with Crippen molar-refractivity contribution in [3.63, 3.8) is 0 Å². The van der Waals surface area contributed by atoms with Gasteiger partial charge in [-0.2, -0.15) is 0 Å². The molecule has 0 bridgehead atoms. The highest BCUT2D eigenvalue weighted by Gasteiger charge is 2.19. The third-order valence-electron chi connectivity index (χ3n) is 9.91. The molecular formula is C49H32N2O2. The Bertz CT molecular complexity index is 2860. The Morgan fingerprint density at radius 2 is 0.868 bits per heavy atom. The summed E-state index contributed by atoms with van der Waals surface area (Å²) in [6, 6.07) is 67.7. The molecule has 0 amide bonds. The molecule has 250 valence electrons. The summed E-state index contributed by atoms with van der Waals surface area (Å²) in [4.78, 5) is 7.13. The highest BCUT2D eigenvalue weighted by Crippen LogP contribution is 2.43. The number of hydrogen-bond acceptors (Lipinski definition) is 4. The van der Waals surface area contributed by atoms with Gasteiger partial charge in [0.05, 0.1) is 0 Å². The van der Waals surface area contributed by atoms with E-state index in [0.29, 0.717) is 11.5 Å². The van der Waals surface area contributed by atoms with Crippen LogP contribution >= 0.6 is 0 Å². The van der Waals surface area contributed by atoms with Crippen molar-refractivity contribution in [2.24, 2.45) is 0 Å². The van der Waals surface area contributed by atoms with Crippen molar-refractivity contribution < 1.29 is 8.83 Å². The van der Waals surface area contributed by atoms with Gasteiger partial charge < -0.3 is 13.7 Å². The van der Waals surface area contributed by atoms with Crippen LogP contribution in [0.1, 0.15) is 0 Å². The molecule has 0 unspecified atom stereocenters. The normalized spacial score (nSPS) is 11.4. The minimum Gasteiger partial charge on any atom is -0.456 e. The van der Waals surface area contributed by atoms with E-state index in [1.807, 2.05) is 42.5 Å². The fourth-order valence-electron chi connectivity index (χ4n) is 7.31. The Morgan fingerprint density at radius 3 is 1.55 bits per heavy atom. The largest absolute Gasteiger partial charge is 0.456 e. The number of furan rings is 1. The molecular weight excluding hydrogens is 649 g/mol. The first-order valence-corrected chi connectivity index (χ1v) is 17.8. The molecule has 0 aliphatic carbocycles. The van der Waals surface area contributed by atoms with Crippen LogP contribution in [0.5, 0.6) is 0 Å². The van der Waals surface area contributed by atoms with Crippen molar-refractivity contribution >= 4 is 50.1 Å². The summed E-state index contributed by atoms with van der Waals surface area (Å²) < 4.78 is 12.8. The van der Waals surface area contributed by atoms with Crippen molar-refractivity contribution in [1.82, 2.24) is 4.98 Å². The first-order valence-electron chi connectivity index (χ1n) is 17.8. The molecule has 0 aliphatic rings. The van der Waals surface area contributed by atoms with Gasteiger partial charge in [0.25, 0.3) is 0 Å². The van der Waals surface area contributed by atoms with Gasteiger partial charge in [0.2, 0.25) is 5.89 Å². The Hall–Kier alpha value is -7.17. The molecule has 2 heterocycles. The van der Waals surface area contributed by atoms with Gasteiger partial charge in [-0.3, -0.25) is 0 Å². The summed E-state index contributed by atoms with van der Waals surface area (Å²) in [5, 5.41) is 2.03. The second-order valence-electron chi connectivity index (χ2n) is 13.2. The maximum Gasteiger partial charge on any atom is 0.227 e. The fourth-order valence-corrected chi connectivity index (χ4v) is 7.31. The molecule has 53 heavy (non-hydrogen) atoms. The number of fused-ring (bicyclic) bond motifs is 4. The van der Waals surface area contributed by atoms with Gasteiger partial charge >= 0.3 is 0 Å². The summed E-state index contributed by atoms with van der Waals surface area (Å²) in [5.74, 6) is 0.599. The third-order valence-corrected chi connectivity index (χ3v) is 9.91. The summed E-state index contributed by atoms with van der Waals surface area (Å²) in [5.41, 5.74) is 14.1. The minimum absolute atomic E-state index is 0.599. The third kappa shape index (κ3) is 5.63. The summed E-state index contributed by atoms with van der Waals surface area (Å²) in [6.45, 7) is 0. The summed E-state index contributed by atoms with van der Waals surface area (Å²) in [7, 11) is 0. The molecule has 0 saturated carbocycles. The Labute approximate surface area is 306 Å². The summed E-state index contributed by atoms with van der Waals surface area (Å²) in [6.07, 6.45) is 0. The number of nitrogens with zero attached hydrogens (tertiary/aromatic N) is 2. The van der Waals surface area contributed by atoms with E-state index in [2.05, 4.69) is 157 Å². The van der Waals surface area contributed by atoms with E-state index < -0.39 is 0 Å². The molecule has 2 aromatic heterocycles. The smallest absolute Gasteiger partial charge is 0.227 e. The van der Waals surface area contributed by atoms with Crippen LogP contribution < -0.4 is 4.90 Å². The molecule has 10 rings (SSSR count). The van der Waals surface area contributed by atoms with Crippen LogP contribution in [0.3, 0.4) is 0 Å². The zero-order valence-corrected chi connectivity index (χ0v) is 28.7. The van der Waals surface area contributed by atoms with E-state index in [4.69, 9.17) is 13.8 Å². The molecule has 4 nitrogen and oxygen atoms in total. The van der Waals surface area contributed by atoms with Crippen molar-refractivity contribution in [2.75, 3.05) is 4.90 Å². The van der Waals surface area contributed by atoms with Crippen LogP contribution in [0.15, 0.2) is 203 Å². The molecule has 0 radical (unpaired) electrons. The van der Waals surface area contributed by atoms with E-state index in [0.717, 1.165) is 61.2 Å². The van der Waals surface area contributed by atoms with Crippen LogP contribution in [0.2, 0.25) is 0 Å².